The average Bonchev–Trinajstić information content (AvgIpc) is 2.60. The van der Waals surface area contributed by atoms with Crippen molar-refractivity contribution in [2.75, 3.05) is 14.2 Å². The molecule has 2 N–H and O–H groups in total. The zero-order valence-corrected chi connectivity index (χ0v) is 14.4. The fraction of sp³-hybridized carbons (Fsp3) is 0.133. The zero-order valence-electron chi connectivity index (χ0n) is 12.9. The smallest absolute Gasteiger partial charge is 0.266 e. The number of rotatable bonds is 6. The van der Waals surface area contributed by atoms with Crippen molar-refractivity contribution in [3.05, 3.63) is 53.1 Å². The lowest BCUT2D eigenvalue weighted by molar-refractivity contribution is 0.0945. The number of hydrogen-bond donors (Lipinski definition) is 2. The Morgan fingerprint density at radius 3 is 2.25 bits per heavy atom. The lowest BCUT2D eigenvalue weighted by Crippen LogP contribution is -2.41. The molecule has 24 heavy (non-hydrogen) atoms. The molecule has 128 valence electrons. The average molecular weight is 371 g/mol. The molecule has 2 aromatic rings. The molecule has 2 aromatic carbocycles. The zero-order chi connectivity index (χ0) is 17.7. The lowest BCUT2D eigenvalue weighted by atomic mass is 10.2. The molecule has 0 saturated heterocycles. The number of methoxy groups -OCH3 is 2. The van der Waals surface area contributed by atoms with Crippen molar-refractivity contribution in [3.8, 4) is 11.5 Å². The minimum absolute atomic E-state index is 0.0160. The van der Waals surface area contributed by atoms with Gasteiger partial charge in [0.1, 0.15) is 16.4 Å². The van der Waals surface area contributed by atoms with E-state index in [1.807, 2.05) is 4.83 Å². The van der Waals surface area contributed by atoms with Gasteiger partial charge >= 0.3 is 0 Å². The van der Waals surface area contributed by atoms with Gasteiger partial charge in [-0.1, -0.05) is 29.8 Å². The number of carbonyl (C=O) groups excluding carboxylic acids is 1. The van der Waals surface area contributed by atoms with Crippen molar-refractivity contribution < 1.29 is 22.7 Å². The Morgan fingerprint density at radius 2 is 1.67 bits per heavy atom. The summed E-state index contributed by atoms with van der Waals surface area (Å²) in [6.07, 6.45) is 0. The molecule has 0 aliphatic heterocycles. The Kier molecular flexibility index (Phi) is 5.66. The molecule has 0 bridgehead atoms. The van der Waals surface area contributed by atoms with Crippen LogP contribution in [0, 0.1) is 0 Å². The summed E-state index contributed by atoms with van der Waals surface area (Å²) in [7, 11) is -1.44. The van der Waals surface area contributed by atoms with Crippen LogP contribution in [0.2, 0.25) is 5.02 Å². The van der Waals surface area contributed by atoms with Crippen molar-refractivity contribution >= 4 is 27.5 Å². The molecule has 0 aromatic heterocycles. The molecule has 1 amide bonds. The van der Waals surface area contributed by atoms with E-state index in [2.05, 4.69) is 5.43 Å². The normalized spacial score (nSPS) is 11.0. The second kappa shape index (κ2) is 7.52. The molecule has 0 fully saturated rings. The van der Waals surface area contributed by atoms with E-state index in [-0.39, 0.29) is 21.4 Å². The van der Waals surface area contributed by atoms with Crippen LogP contribution in [0.4, 0.5) is 0 Å². The van der Waals surface area contributed by atoms with Crippen LogP contribution < -0.4 is 19.7 Å². The van der Waals surface area contributed by atoms with Gasteiger partial charge in [-0.3, -0.25) is 10.2 Å². The van der Waals surface area contributed by atoms with Gasteiger partial charge in [0.25, 0.3) is 15.9 Å². The van der Waals surface area contributed by atoms with Gasteiger partial charge in [0.15, 0.2) is 0 Å². The second-order valence-corrected chi connectivity index (χ2v) is 6.62. The lowest BCUT2D eigenvalue weighted by Gasteiger charge is -2.13. The molecule has 0 heterocycles. The number of ether oxygens (including phenoxy) is 2. The molecule has 0 atom stereocenters. The highest BCUT2D eigenvalue weighted by atomic mass is 35.5. The third-order valence-electron chi connectivity index (χ3n) is 3.06. The molecule has 9 heteroatoms. The van der Waals surface area contributed by atoms with E-state index in [0.29, 0.717) is 5.56 Å². The van der Waals surface area contributed by atoms with Crippen molar-refractivity contribution in [1.29, 1.82) is 0 Å². The standard InChI is InChI=1S/C15H15ClN2O5S/c1-22-12-9-14(13(23-2)8-11(12)16)24(20,21)18-17-15(19)10-6-4-3-5-7-10/h3-9,18H,1-2H3,(H,17,19). The Balaban J connectivity index is 2.26. The molecule has 0 unspecified atom stereocenters. The highest BCUT2D eigenvalue weighted by Gasteiger charge is 2.23. The SMILES string of the molecule is COc1cc(S(=O)(=O)NNC(=O)c2ccccc2)c(OC)cc1Cl. The number of amides is 1. The summed E-state index contributed by atoms with van der Waals surface area (Å²) in [5, 5.41) is 0.196. The van der Waals surface area contributed by atoms with Gasteiger partial charge < -0.3 is 9.47 Å². The van der Waals surface area contributed by atoms with Crippen LogP contribution in [0.25, 0.3) is 0 Å². The van der Waals surface area contributed by atoms with Crippen LogP contribution in [-0.4, -0.2) is 28.5 Å². The first-order valence-electron chi connectivity index (χ1n) is 6.67. The molecular formula is C15H15ClN2O5S. The fourth-order valence-electron chi connectivity index (χ4n) is 1.87. The van der Waals surface area contributed by atoms with Crippen LogP contribution in [0.3, 0.4) is 0 Å². The Hall–Kier alpha value is -2.29. The van der Waals surface area contributed by atoms with E-state index in [4.69, 9.17) is 21.1 Å². The van der Waals surface area contributed by atoms with Gasteiger partial charge in [-0.05, 0) is 12.1 Å². The summed E-state index contributed by atoms with van der Waals surface area (Å²) in [4.78, 5) is 13.7. The molecule has 0 radical (unpaired) electrons. The quantitative estimate of drug-likeness (QED) is 0.758. The van der Waals surface area contributed by atoms with Crippen molar-refractivity contribution in [2.24, 2.45) is 0 Å². The summed E-state index contributed by atoms with van der Waals surface area (Å²) < 4.78 is 34.9. The molecular weight excluding hydrogens is 356 g/mol. The molecule has 0 aliphatic rings. The number of benzene rings is 2. The topological polar surface area (TPSA) is 93.7 Å². The van der Waals surface area contributed by atoms with Crippen LogP contribution in [0.5, 0.6) is 11.5 Å². The largest absolute Gasteiger partial charge is 0.495 e. The third kappa shape index (κ3) is 3.97. The van der Waals surface area contributed by atoms with E-state index < -0.39 is 15.9 Å². The summed E-state index contributed by atoms with van der Waals surface area (Å²) in [6, 6.07) is 10.7. The van der Waals surface area contributed by atoms with Gasteiger partial charge in [0.05, 0.1) is 19.2 Å². The molecule has 0 spiro atoms. The predicted molar refractivity (Wildman–Crippen MR) is 88.8 cm³/mol. The van der Waals surface area contributed by atoms with E-state index in [1.54, 1.807) is 30.3 Å². The van der Waals surface area contributed by atoms with Crippen molar-refractivity contribution in [1.82, 2.24) is 10.3 Å². The summed E-state index contributed by atoms with van der Waals surface area (Å²) in [5.41, 5.74) is 2.44. The summed E-state index contributed by atoms with van der Waals surface area (Å²) in [6.45, 7) is 0. The number of sulfonamides is 1. The van der Waals surface area contributed by atoms with Gasteiger partial charge in [-0.15, -0.1) is 4.83 Å². The minimum atomic E-state index is -4.10. The van der Waals surface area contributed by atoms with E-state index in [0.717, 1.165) is 0 Å². The molecule has 0 aliphatic carbocycles. The van der Waals surface area contributed by atoms with E-state index in [9.17, 15) is 13.2 Å². The first-order chi connectivity index (χ1) is 11.4. The number of hydrogen-bond acceptors (Lipinski definition) is 5. The number of nitrogens with one attached hydrogen (secondary N) is 2. The number of carbonyl (C=O) groups is 1. The van der Waals surface area contributed by atoms with E-state index >= 15 is 0 Å². The second-order valence-electron chi connectivity index (χ2n) is 4.56. The molecule has 7 nitrogen and oxygen atoms in total. The minimum Gasteiger partial charge on any atom is -0.495 e. The van der Waals surface area contributed by atoms with Crippen LogP contribution in [0.1, 0.15) is 10.4 Å². The predicted octanol–water partition coefficient (Wildman–Crippen LogP) is 1.98. The van der Waals surface area contributed by atoms with Crippen LogP contribution in [0.15, 0.2) is 47.4 Å². The fourth-order valence-corrected chi connectivity index (χ4v) is 3.11. The summed E-state index contributed by atoms with van der Waals surface area (Å²) >= 11 is 5.95. The highest BCUT2D eigenvalue weighted by molar-refractivity contribution is 7.89. The van der Waals surface area contributed by atoms with Gasteiger partial charge in [-0.25, -0.2) is 8.42 Å². The summed E-state index contributed by atoms with van der Waals surface area (Å²) in [5.74, 6) is -0.423. The van der Waals surface area contributed by atoms with Crippen LogP contribution >= 0.6 is 11.6 Å². The highest BCUT2D eigenvalue weighted by Crippen LogP contribution is 2.34. The maximum atomic E-state index is 12.4. The Bertz CT molecular complexity index is 840. The molecule has 0 saturated carbocycles. The first-order valence-corrected chi connectivity index (χ1v) is 8.54. The monoisotopic (exact) mass is 370 g/mol. The number of hydrazine groups is 1. The van der Waals surface area contributed by atoms with Gasteiger partial charge in [0.2, 0.25) is 0 Å². The van der Waals surface area contributed by atoms with Crippen molar-refractivity contribution in [3.63, 3.8) is 0 Å². The first kappa shape index (κ1) is 18.1. The Morgan fingerprint density at radius 1 is 1.04 bits per heavy atom. The number of halogens is 1. The maximum absolute atomic E-state index is 12.4. The van der Waals surface area contributed by atoms with E-state index in [1.165, 1.54) is 26.4 Å². The van der Waals surface area contributed by atoms with Gasteiger partial charge in [-0.2, -0.15) is 0 Å². The Labute approximate surface area is 144 Å². The van der Waals surface area contributed by atoms with Crippen molar-refractivity contribution in [2.45, 2.75) is 4.90 Å². The maximum Gasteiger partial charge on any atom is 0.266 e. The third-order valence-corrected chi connectivity index (χ3v) is 4.63. The molecule has 2 rings (SSSR count). The van der Waals surface area contributed by atoms with Crippen LogP contribution in [-0.2, 0) is 10.0 Å². The van der Waals surface area contributed by atoms with Gasteiger partial charge in [0, 0.05) is 17.7 Å².